The Hall–Kier alpha value is -0.770. The summed E-state index contributed by atoms with van der Waals surface area (Å²) < 4.78 is 0. The third-order valence-corrected chi connectivity index (χ3v) is 2.88. The maximum atomic E-state index is 11.6. The molecule has 1 fully saturated rings. The smallest absolute Gasteiger partial charge is 0.317 e. The number of carbonyl (C=O) groups excluding carboxylic acids is 1. The van der Waals surface area contributed by atoms with Crippen LogP contribution in [-0.4, -0.2) is 56.1 Å². The summed E-state index contributed by atoms with van der Waals surface area (Å²) in [6.07, 6.45) is 4.59. The molecule has 0 unspecified atom stereocenters. The molecular weight excluding hydrogens is 190 g/mol. The van der Waals surface area contributed by atoms with Gasteiger partial charge in [-0.25, -0.2) is 4.79 Å². The lowest BCUT2D eigenvalue weighted by molar-refractivity contribution is 0.194. The molecule has 4 nitrogen and oxygen atoms in total. The third kappa shape index (κ3) is 4.51. The average molecular weight is 213 g/mol. The zero-order valence-corrected chi connectivity index (χ0v) is 10.1. The van der Waals surface area contributed by atoms with Crippen molar-refractivity contribution in [1.29, 1.82) is 0 Å². The van der Waals surface area contributed by atoms with Gasteiger partial charge in [-0.3, -0.25) is 0 Å². The fourth-order valence-electron chi connectivity index (χ4n) is 1.56. The van der Waals surface area contributed by atoms with Crippen LogP contribution in [0, 0.1) is 0 Å². The molecule has 0 aromatic carbocycles. The first kappa shape index (κ1) is 12.3. The number of nitrogens with zero attached hydrogens (tertiary/aromatic N) is 2. The maximum absolute atomic E-state index is 11.6. The van der Waals surface area contributed by atoms with Gasteiger partial charge in [0.2, 0.25) is 0 Å². The lowest BCUT2D eigenvalue weighted by Gasteiger charge is -2.29. The number of urea groups is 1. The summed E-state index contributed by atoms with van der Waals surface area (Å²) in [6, 6.07) is 0.521. The molecule has 0 aromatic rings. The fraction of sp³-hybridized carbons (Fsp3) is 0.909. The lowest BCUT2D eigenvalue weighted by Crippen LogP contribution is -2.46. The fourth-order valence-corrected chi connectivity index (χ4v) is 1.56. The monoisotopic (exact) mass is 213 g/mol. The van der Waals surface area contributed by atoms with Crippen LogP contribution in [0.2, 0.25) is 0 Å². The molecule has 0 saturated heterocycles. The minimum absolute atomic E-state index is 0.0819. The Balaban J connectivity index is 2.09. The predicted molar refractivity (Wildman–Crippen MR) is 62.0 cm³/mol. The first-order valence-corrected chi connectivity index (χ1v) is 5.76. The van der Waals surface area contributed by atoms with E-state index in [1.807, 2.05) is 7.05 Å². The number of rotatable bonds is 5. The van der Waals surface area contributed by atoms with Crippen molar-refractivity contribution in [3.8, 4) is 0 Å². The second kappa shape index (κ2) is 5.95. The van der Waals surface area contributed by atoms with Gasteiger partial charge in [0.1, 0.15) is 0 Å². The van der Waals surface area contributed by atoms with E-state index in [9.17, 15) is 4.79 Å². The minimum atomic E-state index is 0.0819. The van der Waals surface area contributed by atoms with Crippen molar-refractivity contribution in [2.24, 2.45) is 0 Å². The number of carbonyl (C=O) groups is 1. The molecule has 1 aliphatic rings. The summed E-state index contributed by atoms with van der Waals surface area (Å²) in [4.78, 5) is 15.5. The molecule has 1 saturated carbocycles. The van der Waals surface area contributed by atoms with Crippen LogP contribution in [0.5, 0.6) is 0 Å². The van der Waals surface area contributed by atoms with Gasteiger partial charge in [0.15, 0.2) is 0 Å². The van der Waals surface area contributed by atoms with E-state index in [-0.39, 0.29) is 6.03 Å². The van der Waals surface area contributed by atoms with Gasteiger partial charge >= 0.3 is 6.03 Å². The van der Waals surface area contributed by atoms with Crippen molar-refractivity contribution < 1.29 is 4.79 Å². The Labute approximate surface area is 92.6 Å². The highest BCUT2D eigenvalue weighted by Gasteiger charge is 2.20. The van der Waals surface area contributed by atoms with E-state index in [1.165, 1.54) is 6.42 Å². The highest BCUT2D eigenvalue weighted by atomic mass is 16.2. The molecular formula is C11H23N3O. The topological polar surface area (TPSA) is 35.6 Å². The molecule has 4 heteroatoms. The van der Waals surface area contributed by atoms with Crippen LogP contribution in [0.25, 0.3) is 0 Å². The van der Waals surface area contributed by atoms with Gasteiger partial charge in [0.05, 0.1) is 0 Å². The molecule has 1 aliphatic carbocycles. The number of amides is 2. The van der Waals surface area contributed by atoms with Crippen molar-refractivity contribution in [2.45, 2.75) is 31.7 Å². The number of hydrogen-bond acceptors (Lipinski definition) is 2. The van der Waals surface area contributed by atoms with Crippen LogP contribution in [0.4, 0.5) is 4.79 Å². The molecule has 2 amide bonds. The average Bonchev–Trinajstić information content (AvgIpc) is 2.10. The Morgan fingerprint density at radius 1 is 1.27 bits per heavy atom. The summed E-state index contributed by atoms with van der Waals surface area (Å²) in [7, 11) is 5.96. The van der Waals surface area contributed by atoms with Crippen molar-refractivity contribution in [3.63, 3.8) is 0 Å². The Morgan fingerprint density at radius 2 is 1.93 bits per heavy atom. The van der Waals surface area contributed by atoms with Crippen LogP contribution in [-0.2, 0) is 0 Å². The molecule has 0 aromatic heterocycles. The van der Waals surface area contributed by atoms with Gasteiger partial charge < -0.3 is 15.1 Å². The summed E-state index contributed by atoms with van der Waals surface area (Å²) >= 11 is 0. The molecule has 0 bridgehead atoms. The van der Waals surface area contributed by atoms with Crippen LogP contribution >= 0.6 is 0 Å². The number of nitrogens with one attached hydrogen (secondary N) is 1. The van der Waals surface area contributed by atoms with Gasteiger partial charge in [0, 0.05) is 19.6 Å². The van der Waals surface area contributed by atoms with E-state index >= 15 is 0 Å². The van der Waals surface area contributed by atoms with Crippen molar-refractivity contribution in [2.75, 3.05) is 34.2 Å². The van der Waals surface area contributed by atoms with Crippen LogP contribution in [0.3, 0.4) is 0 Å². The molecule has 15 heavy (non-hydrogen) atoms. The molecule has 0 atom stereocenters. The molecule has 0 radical (unpaired) electrons. The van der Waals surface area contributed by atoms with Gasteiger partial charge in [-0.05, 0) is 46.3 Å². The van der Waals surface area contributed by atoms with E-state index < -0.39 is 0 Å². The second-order valence-corrected chi connectivity index (χ2v) is 4.66. The zero-order chi connectivity index (χ0) is 11.3. The molecule has 0 aliphatic heterocycles. The summed E-state index contributed by atoms with van der Waals surface area (Å²) in [5.41, 5.74) is 0. The van der Waals surface area contributed by atoms with E-state index in [0.29, 0.717) is 6.04 Å². The third-order valence-electron chi connectivity index (χ3n) is 2.88. The SMILES string of the molecule is CN(C)CCCN(C)C(=O)NC1CCC1. The van der Waals surface area contributed by atoms with Gasteiger partial charge in [-0.15, -0.1) is 0 Å². The summed E-state index contributed by atoms with van der Waals surface area (Å²) in [5, 5.41) is 3.03. The minimum Gasteiger partial charge on any atom is -0.335 e. The van der Waals surface area contributed by atoms with Crippen LogP contribution < -0.4 is 5.32 Å². The largest absolute Gasteiger partial charge is 0.335 e. The first-order valence-electron chi connectivity index (χ1n) is 5.76. The number of hydrogen-bond donors (Lipinski definition) is 1. The summed E-state index contributed by atoms with van der Waals surface area (Å²) in [5.74, 6) is 0. The Bertz CT molecular complexity index is 202. The Kier molecular flexibility index (Phi) is 4.88. The van der Waals surface area contributed by atoms with Gasteiger partial charge in [-0.2, -0.15) is 0 Å². The normalized spacial score (nSPS) is 16.3. The molecule has 0 spiro atoms. The quantitative estimate of drug-likeness (QED) is 0.743. The molecule has 1 N–H and O–H groups in total. The van der Waals surface area contributed by atoms with Crippen LogP contribution in [0.1, 0.15) is 25.7 Å². The van der Waals surface area contributed by atoms with Crippen molar-refractivity contribution >= 4 is 6.03 Å². The first-order chi connectivity index (χ1) is 7.09. The predicted octanol–water partition coefficient (Wildman–Crippen LogP) is 1.13. The highest BCUT2D eigenvalue weighted by molar-refractivity contribution is 5.74. The molecule has 1 rings (SSSR count). The zero-order valence-electron chi connectivity index (χ0n) is 10.1. The van der Waals surface area contributed by atoms with Crippen LogP contribution in [0.15, 0.2) is 0 Å². The summed E-state index contributed by atoms with van der Waals surface area (Å²) in [6.45, 7) is 1.86. The second-order valence-electron chi connectivity index (χ2n) is 4.66. The van der Waals surface area contributed by atoms with Crippen molar-refractivity contribution in [1.82, 2.24) is 15.1 Å². The Morgan fingerprint density at radius 3 is 2.40 bits per heavy atom. The van der Waals surface area contributed by atoms with E-state index in [2.05, 4.69) is 24.3 Å². The van der Waals surface area contributed by atoms with Crippen molar-refractivity contribution in [3.05, 3.63) is 0 Å². The van der Waals surface area contributed by atoms with E-state index in [0.717, 1.165) is 32.4 Å². The highest BCUT2D eigenvalue weighted by Crippen LogP contribution is 2.18. The molecule has 0 heterocycles. The maximum Gasteiger partial charge on any atom is 0.317 e. The standard InChI is InChI=1S/C11H23N3O/c1-13(2)8-5-9-14(3)11(15)12-10-6-4-7-10/h10H,4-9H2,1-3H3,(H,12,15). The molecule has 88 valence electrons. The lowest BCUT2D eigenvalue weighted by atomic mass is 9.93. The van der Waals surface area contributed by atoms with Gasteiger partial charge in [0.25, 0.3) is 0 Å². The van der Waals surface area contributed by atoms with E-state index in [4.69, 9.17) is 0 Å². The van der Waals surface area contributed by atoms with Gasteiger partial charge in [-0.1, -0.05) is 0 Å². The van der Waals surface area contributed by atoms with E-state index in [1.54, 1.807) is 4.90 Å².